The molecule has 2 N–H and O–H groups in total. The van der Waals surface area contributed by atoms with E-state index in [0.717, 1.165) is 41.2 Å². The van der Waals surface area contributed by atoms with Gasteiger partial charge >= 0.3 is 0 Å². The summed E-state index contributed by atoms with van der Waals surface area (Å²) >= 11 is 6.74. The first-order valence-electron chi connectivity index (χ1n) is 11.4. The molecule has 0 aromatic heterocycles. The average molecular weight is 461 g/mol. The highest BCUT2D eigenvalue weighted by Gasteiger charge is 2.33. The molecule has 2 aromatic rings. The van der Waals surface area contributed by atoms with E-state index in [2.05, 4.69) is 35.1 Å². The first kappa shape index (κ1) is 23.5. The van der Waals surface area contributed by atoms with Crippen LogP contribution in [0, 0.1) is 0 Å². The fourth-order valence-corrected chi connectivity index (χ4v) is 4.97. The predicted octanol–water partition coefficient (Wildman–Crippen LogP) is 4.58. The molecular weight excluding hydrogens is 428 g/mol. The van der Waals surface area contributed by atoms with Gasteiger partial charge in [0.05, 0.1) is 36.5 Å². The Bertz CT molecular complexity index is 909. The predicted molar refractivity (Wildman–Crippen MR) is 125 cm³/mol. The second-order valence-corrected chi connectivity index (χ2v) is 9.38. The molecule has 2 fully saturated rings. The lowest BCUT2D eigenvalue weighted by molar-refractivity contribution is -0.114. The lowest BCUT2D eigenvalue weighted by Crippen LogP contribution is -2.33. The molecule has 1 saturated heterocycles. The second-order valence-electron chi connectivity index (χ2n) is 9.00. The third kappa shape index (κ3) is 5.29. The van der Waals surface area contributed by atoms with Gasteiger partial charge < -0.3 is 24.4 Å². The molecule has 6 heteroatoms. The third-order valence-corrected chi connectivity index (χ3v) is 6.80. The summed E-state index contributed by atoms with van der Waals surface area (Å²) in [6.45, 7) is 0.528. The van der Waals surface area contributed by atoms with Gasteiger partial charge in [0.2, 0.25) is 0 Å². The van der Waals surface area contributed by atoms with E-state index < -0.39 is 6.10 Å². The molecule has 5 nitrogen and oxygen atoms in total. The number of aliphatic hydroxyl groups excluding tert-OH is 2. The van der Waals surface area contributed by atoms with Crippen LogP contribution in [-0.4, -0.2) is 49.9 Å². The van der Waals surface area contributed by atoms with Crippen molar-refractivity contribution in [3.63, 3.8) is 0 Å². The molecule has 5 rings (SSSR count). The number of rotatable bonds is 5. The summed E-state index contributed by atoms with van der Waals surface area (Å²) < 4.78 is 16.2. The number of fused-ring (bicyclic) bond motifs is 1. The molecular formula is C26H33ClO5. The van der Waals surface area contributed by atoms with E-state index in [0.29, 0.717) is 24.5 Å². The average Bonchev–Trinajstić information content (AvgIpc) is 3.52. The van der Waals surface area contributed by atoms with Crippen LogP contribution in [0.3, 0.4) is 0 Å². The van der Waals surface area contributed by atoms with Crippen LogP contribution in [0.4, 0.5) is 0 Å². The number of ether oxygens (including phenoxy) is 3. The van der Waals surface area contributed by atoms with Crippen molar-refractivity contribution in [1.82, 2.24) is 0 Å². The molecule has 1 saturated carbocycles. The van der Waals surface area contributed by atoms with Crippen molar-refractivity contribution in [2.75, 3.05) is 27.4 Å². The normalized spacial score (nSPS) is 24.3. The highest BCUT2D eigenvalue weighted by Crippen LogP contribution is 2.45. The molecule has 3 atom stereocenters. The van der Waals surface area contributed by atoms with Crippen LogP contribution in [-0.2, 0) is 22.3 Å². The molecule has 2 aliphatic heterocycles. The molecule has 32 heavy (non-hydrogen) atoms. The molecule has 0 bridgehead atoms. The molecule has 0 amide bonds. The second kappa shape index (κ2) is 10.5. The van der Waals surface area contributed by atoms with Gasteiger partial charge in [-0.3, -0.25) is 0 Å². The zero-order valence-corrected chi connectivity index (χ0v) is 19.6. The maximum atomic E-state index is 10.3. The molecule has 0 spiro atoms. The van der Waals surface area contributed by atoms with Crippen molar-refractivity contribution in [1.29, 1.82) is 0 Å². The first-order chi connectivity index (χ1) is 15.5. The van der Waals surface area contributed by atoms with Crippen LogP contribution in [0.25, 0.3) is 0 Å². The Labute approximate surface area is 195 Å². The third-order valence-electron chi connectivity index (χ3n) is 6.38. The van der Waals surface area contributed by atoms with Gasteiger partial charge in [0.1, 0.15) is 5.75 Å². The maximum Gasteiger partial charge on any atom is 0.141 e. The van der Waals surface area contributed by atoms with Gasteiger partial charge in [-0.05, 0) is 47.4 Å². The fourth-order valence-electron chi connectivity index (χ4n) is 4.68. The van der Waals surface area contributed by atoms with Crippen LogP contribution in [0.2, 0.25) is 5.02 Å². The summed E-state index contributed by atoms with van der Waals surface area (Å²) in [5.74, 6) is 1.51. The minimum atomic E-state index is -0.474. The minimum Gasteiger partial charge on any atom is -0.491 e. The van der Waals surface area contributed by atoms with Crippen molar-refractivity contribution in [2.45, 2.75) is 62.8 Å². The molecule has 3 unspecified atom stereocenters. The summed E-state index contributed by atoms with van der Waals surface area (Å²) in [5.41, 5.74) is 5.79. The Balaban J connectivity index is 0.000000775. The molecule has 3 aliphatic rings. The topological polar surface area (TPSA) is 68.2 Å². The maximum absolute atomic E-state index is 10.3. The summed E-state index contributed by atoms with van der Waals surface area (Å²) in [7, 11) is 3.25. The number of halogens is 1. The Morgan fingerprint density at radius 3 is 2.50 bits per heavy atom. The SMILES string of the molecule is COC.OCC1CC(O)CC(c2cc(Cc3ccc(C4CC4)cc3)c(Cl)c3c2CCO3)O1. The van der Waals surface area contributed by atoms with E-state index in [4.69, 9.17) is 21.1 Å². The van der Waals surface area contributed by atoms with E-state index in [1.165, 1.54) is 24.0 Å². The number of hydrogen-bond donors (Lipinski definition) is 2. The van der Waals surface area contributed by atoms with E-state index in [1.807, 2.05) is 0 Å². The van der Waals surface area contributed by atoms with E-state index >= 15 is 0 Å². The van der Waals surface area contributed by atoms with Gasteiger partial charge in [-0.15, -0.1) is 0 Å². The van der Waals surface area contributed by atoms with Crippen molar-refractivity contribution < 1.29 is 24.4 Å². The number of aliphatic hydroxyl groups is 2. The van der Waals surface area contributed by atoms with Gasteiger partial charge in [-0.1, -0.05) is 41.9 Å². The molecule has 2 heterocycles. The highest BCUT2D eigenvalue weighted by atomic mass is 35.5. The van der Waals surface area contributed by atoms with Crippen molar-refractivity contribution >= 4 is 11.6 Å². The minimum absolute atomic E-state index is 0.0833. The van der Waals surface area contributed by atoms with Crippen molar-refractivity contribution in [2.24, 2.45) is 0 Å². The van der Waals surface area contributed by atoms with Gasteiger partial charge in [0.15, 0.2) is 0 Å². The Hall–Kier alpha value is -1.63. The zero-order chi connectivity index (χ0) is 22.7. The van der Waals surface area contributed by atoms with Crippen LogP contribution >= 0.6 is 11.6 Å². The van der Waals surface area contributed by atoms with E-state index in [1.54, 1.807) is 14.2 Å². The van der Waals surface area contributed by atoms with Crippen LogP contribution < -0.4 is 4.74 Å². The van der Waals surface area contributed by atoms with Gasteiger partial charge in [0, 0.05) is 39.0 Å². The summed E-state index contributed by atoms with van der Waals surface area (Å²) in [6, 6.07) is 11.0. The highest BCUT2D eigenvalue weighted by molar-refractivity contribution is 6.33. The molecule has 0 radical (unpaired) electrons. The smallest absolute Gasteiger partial charge is 0.141 e. The van der Waals surface area contributed by atoms with Gasteiger partial charge in [-0.2, -0.15) is 0 Å². The first-order valence-corrected chi connectivity index (χ1v) is 11.8. The molecule has 1 aliphatic carbocycles. The summed E-state index contributed by atoms with van der Waals surface area (Å²) in [6.07, 6.45) is 4.07. The van der Waals surface area contributed by atoms with Crippen LogP contribution in [0.5, 0.6) is 5.75 Å². The van der Waals surface area contributed by atoms with Gasteiger partial charge in [0.25, 0.3) is 0 Å². The van der Waals surface area contributed by atoms with Crippen molar-refractivity contribution in [3.8, 4) is 5.75 Å². The lowest BCUT2D eigenvalue weighted by Gasteiger charge is -2.33. The summed E-state index contributed by atoms with van der Waals surface area (Å²) in [5, 5.41) is 20.5. The van der Waals surface area contributed by atoms with Crippen LogP contribution in [0.1, 0.15) is 65.5 Å². The lowest BCUT2D eigenvalue weighted by atomic mass is 9.89. The fraction of sp³-hybridized carbons (Fsp3) is 0.538. The Kier molecular flexibility index (Phi) is 7.74. The number of benzene rings is 2. The van der Waals surface area contributed by atoms with Crippen molar-refractivity contribution in [3.05, 3.63) is 63.2 Å². The quantitative estimate of drug-likeness (QED) is 0.683. The zero-order valence-electron chi connectivity index (χ0n) is 18.9. The van der Waals surface area contributed by atoms with Gasteiger partial charge in [-0.25, -0.2) is 0 Å². The number of methoxy groups -OCH3 is 1. The largest absolute Gasteiger partial charge is 0.491 e. The standard InChI is InChI=1S/C24H27ClO4.C2H6O/c25-23-17(9-14-1-3-15(4-2-14)16-5-6-16)10-21(20-7-8-28-24(20)23)22-12-18(27)11-19(13-26)29-22;1-3-2/h1-4,10,16,18-19,22,26-27H,5-9,11-13H2;1-2H3. The van der Waals surface area contributed by atoms with Crippen LogP contribution in [0.15, 0.2) is 30.3 Å². The molecule has 174 valence electrons. The summed E-state index contributed by atoms with van der Waals surface area (Å²) in [4.78, 5) is 0. The van der Waals surface area contributed by atoms with E-state index in [9.17, 15) is 10.2 Å². The van der Waals surface area contributed by atoms with E-state index in [-0.39, 0.29) is 18.8 Å². The Morgan fingerprint density at radius 2 is 1.84 bits per heavy atom. The molecule has 2 aromatic carbocycles. The number of hydrogen-bond acceptors (Lipinski definition) is 5. The Morgan fingerprint density at radius 1 is 1.12 bits per heavy atom. The monoisotopic (exact) mass is 460 g/mol.